The smallest absolute Gasteiger partial charge is 0.116 e. The highest BCUT2D eigenvalue weighted by molar-refractivity contribution is 6.29. The van der Waals surface area contributed by atoms with Gasteiger partial charge in [0.2, 0.25) is 0 Å². The van der Waals surface area contributed by atoms with Crippen LogP contribution in [-0.2, 0) is 0 Å². The van der Waals surface area contributed by atoms with E-state index in [4.69, 9.17) is 9.97 Å². The largest absolute Gasteiger partial charge is 0.308 e. The van der Waals surface area contributed by atoms with Crippen molar-refractivity contribution in [2.75, 3.05) is 0 Å². The van der Waals surface area contributed by atoms with E-state index in [1.165, 1.54) is 186 Å². The molecular weight excluding hydrogens is 1710 g/mol. The van der Waals surface area contributed by atoms with E-state index in [9.17, 15) is 0 Å². The summed E-state index contributed by atoms with van der Waals surface area (Å²) in [6, 6.07) is 141. The summed E-state index contributed by atoms with van der Waals surface area (Å²) < 4.78 is 9.64. The third kappa shape index (κ3) is 12.1. The SMILES string of the molecule is c1cc(-c2cc3c4ccccc4n4c5ccccc5c(c2)c34)cc(-c2cncc3cccnc23)c1.c1ccc(-c2cc(-c3cc4c5ccccc5n5c6ccccc6c(c3)c45)cc3cncnc23)cc1.c1ccc(-c2ccc3c(c2)c2cc(-c4cnnc5cccnc45)cc4c5ccccc5n3c42)cc1.c1ccc(-c2ccnc3c(-c4cc5c6ccccc6n6c7ccccc7c(c4)c56)ncnc23)cc1. The van der Waals surface area contributed by atoms with Crippen LogP contribution in [0.3, 0.4) is 0 Å². The van der Waals surface area contributed by atoms with Gasteiger partial charge in [0.25, 0.3) is 0 Å². The molecule has 32 aromatic rings. The summed E-state index contributed by atoms with van der Waals surface area (Å²) in [4.78, 5) is 36.9. The van der Waals surface area contributed by atoms with Crippen LogP contribution in [0.25, 0.3) is 285 Å². The molecule has 14 heteroatoms. The molecule has 0 N–H and O–H groups in total. The first kappa shape index (κ1) is 78.3. The lowest BCUT2D eigenvalue weighted by Gasteiger charge is -2.11. The predicted octanol–water partition coefficient (Wildman–Crippen LogP) is 31.2. The number of benzene rings is 17. The van der Waals surface area contributed by atoms with Crippen LogP contribution in [0, 0.1) is 0 Å². The maximum atomic E-state index is 4.76. The molecular formula is C126H74N14. The molecule has 0 atom stereocenters. The lowest BCUT2D eigenvalue weighted by molar-refractivity contribution is 1.07. The third-order valence-electron chi connectivity index (χ3n) is 28.6. The van der Waals surface area contributed by atoms with E-state index in [-0.39, 0.29) is 0 Å². The second-order valence-corrected chi connectivity index (χ2v) is 36.2. The maximum absolute atomic E-state index is 4.76. The van der Waals surface area contributed by atoms with Crippen molar-refractivity contribution in [1.29, 1.82) is 0 Å². The summed E-state index contributed by atoms with van der Waals surface area (Å²) in [5.74, 6) is 0. The molecule has 0 unspecified atom stereocenters. The molecule has 0 saturated heterocycles. The zero-order chi connectivity index (χ0) is 91.7. The fourth-order valence-electron chi connectivity index (χ4n) is 22.6. The zero-order valence-electron chi connectivity index (χ0n) is 75.0. The van der Waals surface area contributed by atoms with E-state index < -0.39 is 0 Å². The molecule has 15 aromatic heterocycles. The van der Waals surface area contributed by atoms with Crippen molar-refractivity contribution in [3.8, 4) is 89.1 Å². The summed E-state index contributed by atoms with van der Waals surface area (Å²) >= 11 is 0. The maximum Gasteiger partial charge on any atom is 0.116 e. The second-order valence-electron chi connectivity index (χ2n) is 36.2. The van der Waals surface area contributed by atoms with Crippen molar-refractivity contribution in [3.05, 3.63) is 450 Å². The molecule has 14 nitrogen and oxygen atoms in total. The van der Waals surface area contributed by atoms with Gasteiger partial charge in [0.15, 0.2) is 0 Å². The Morgan fingerprint density at radius 2 is 0.557 bits per heavy atom. The number of hydrogen-bond acceptors (Lipinski definition) is 10. The van der Waals surface area contributed by atoms with Crippen molar-refractivity contribution in [2.24, 2.45) is 0 Å². The van der Waals surface area contributed by atoms with Crippen LogP contribution in [0.5, 0.6) is 0 Å². The van der Waals surface area contributed by atoms with E-state index in [0.717, 1.165) is 99.6 Å². The first-order valence-electron chi connectivity index (χ1n) is 47.1. The molecule has 32 rings (SSSR count). The average molecular weight is 1780 g/mol. The van der Waals surface area contributed by atoms with Gasteiger partial charge in [-0.3, -0.25) is 19.9 Å². The van der Waals surface area contributed by atoms with Gasteiger partial charge < -0.3 is 17.6 Å². The van der Waals surface area contributed by atoms with Crippen LogP contribution in [0.1, 0.15) is 0 Å². The average Bonchev–Trinajstić information content (AvgIpc) is 1.56. The van der Waals surface area contributed by atoms with Crippen molar-refractivity contribution in [1.82, 2.24) is 67.7 Å². The Morgan fingerprint density at radius 1 is 0.171 bits per heavy atom. The first-order valence-corrected chi connectivity index (χ1v) is 47.1. The molecule has 0 bridgehead atoms. The van der Waals surface area contributed by atoms with E-state index in [0.29, 0.717) is 0 Å². The van der Waals surface area contributed by atoms with Crippen LogP contribution >= 0.6 is 0 Å². The highest BCUT2D eigenvalue weighted by atomic mass is 15.1. The van der Waals surface area contributed by atoms with Gasteiger partial charge in [0.05, 0.1) is 94.6 Å². The number of para-hydroxylation sites is 7. The summed E-state index contributed by atoms with van der Waals surface area (Å²) in [6.45, 7) is 0. The van der Waals surface area contributed by atoms with Gasteiger partial charge in [-0.05, 0) is 207 Å². The molecule has 15 heterocycles. The normalized spacial score (nSPS) is 12.0. The number of pyridine rings is 4. The van der Waals surface area contributed by atoms with Gasteiger partial charge in [-0.15, -0.1) is 5.10 Å². The molecule has 0 radical (unpaired) electrons. The molecule has 0 amide bonds. The molecule has 17 aromatic carbocycles. The lowest BCUT2D eigenvalue weighted by atomic mass is 9.94. The minimum absolute atomic E-state index is 0.802. The molecule has 140 heavy (non-hydrogen) atoms. The Kier molecular flexibility index (Phi) is 17.5. The van der Waals surface area contributed by atoms with Crippen LogP contribution in [-0.4, -0.2) is 67.7 Å². The van der Waals surface area contributed by atoms with Gasteiger partial charge in [-0.25, -0.2) is 19.9 Å². The number of fused-ring (bicyclic) bond motifs is 28. The Labute approximate surface area is 798 Å². The summed E-state index contributed by atoms with van der Waals surface area (Å²) in [7, 11) is 0. The van der Waals surface area contributed by atoms with Gasteiger partial charge in [-0.1, -0.05) is 243 Å². The molecule has 0 aliphatic heterocycles. The van der Waals surface area contributed by atoms with Crippen molar-refractivity contribution in [2.45, 2.75) is 0 Å². The Morgan fingerprint density at radius 3 is 1.09 bits per heavy atom. The van der Waals surface area contributed by atoms with Crippen LogP contribution in [0.15, 0.2) is 450 Å². The number of hydrogen-bond donors (Lipinski definition) is 0. The van der Waals surface area contributed by atoms with Crippen molar-refractivity contribution >= 4 is 196 Å². The van der Waals surface area contributed by atoms with Crippen molar-refractivity contribution in [3.63, 3.8) is 0 Å². The second kappa shape index (κ2) is 31.2. The standard InChI is InChI=1S/2C32H19N3.2C31H18N4/c1-3-12-29-24(10-1)26-16-23(17-27-25-11-2-4-13-30(25)35(29)32(26)27)20-7-5-8-21(15-20)28-19-33-18-22-9-6-14-34-31(22)28;1-2-8-20(9-3-1)26-15-21(14-23-18-33-19-34-31(23)26)22-16-27-24-10-4-6-12-29(24)35-30-13-7-5-11-25(30)28(17-22)32(27)35;1-2-8-19(9-3-1)21-14-15-32-30-28(33-18-34-29(21)30)20-16-24-22-10-4-6-12-26(22)35-27-13-7-5-11-23(27)25(17-20)31(24)35;1-2-7-19(8-3-1)20-12-13-29-23(15-20)25-17-21(26-18-33-34-27-10-6-14-32-30(26)27)16-24-22-9-4-5-11-28(22)35(29)31(24)25/h2*1-19H;2*1-18H. The van der Waals surface area contributed by atoms with Crippen LogP contribution < -0.4 is 0 Å². The van der Waals surface area contributed by atoms with Crippen LogP contribution in [0.2, 0.25) is 0 Å². The fourth-order valence-corrected chi connectivity index (χ4v) is 22.6. The Balaban J connectivity index is 0.0000000896. The molecule has 0 spiro atoms. The molecule has 0 aliphatic rings. The fraction of sp³-hybridized carbons (Fsp3) is 0. The minimum atomic E-state index is 0.802. The lowest BCUT2D eigenvalue weighted by Crippen LogP contribution is -1.94. The summed E-state index contributed by atoms with van der Waals surface area (Å²) in [5, 5.41) is 30.9. The number of aromatic nitrogens is 14. The molecule has 648 valence electrons. The Hall–Kier alpha value is -19.2. The predicted molar refractivity (Wildman–Crippen MR) is 576 cm³/mol. The van der Waals surface area contributed by atoms with Gasteiger partial charge in [0, 0.05) is 162 Å². The van der Waals surface area contributed by atoms with Crippen LogP contribution in [0.4, 0.5) is 0 Å². The Bertz CT molecular complexity index is 10400. The molecule has 0 aliphatic carbocycles. The van der Waals surface area contributed by atoms with Crippen molar-refractivity contribution < 1.29 is 0 Å². The van der Waals surface area contributed by atoms with Gasteiger partial charge in [0.1, 0.15) is 29.2 Å². The molecule has 0 saturated carbocycles. The van der Waals surface area contributed by atoms with E-state index in [2.05, 4.69) is 403 Å². The number of nitrogens with zero attached hydrogens (tertiary/aromatic N) is 14. The summed E-state index contributed by atoms with van der Waals surface area (Å²) in [6.07, 6.45) is 16.3. The summed E-state index contributed by atoms with van der Waals surface area (Å²) in [5.41, 5.74) is 38.2. The minimum Gasteiger partial charge on any atom is -0.308 e. The molecule has 0 fully saturated rings. The van der Waals surface area contributed by atoms with E-state index in [1.54, 1.807) is 12.7 Å². The quantitative estimate of drug-likeness (QED) is 0.144. The first-order chi connectivity index (χ1) is 69.5. The topological polar surface area (TPSA) is 147 Å². The van der Waals surface area contributed by atoms with Gasteiger partial charge in [-0.2, -0.15) is 5.10 Å². The monoisotopic (exact) mass is 1780 g/mol. The highest BCUT2D eigenvalue weighted by Crippen LogP contribution is 2.50. The van der Waals surface area contributed by atoms with E-state index >= 15 is 0 Å². The third-order valence-corrected chi connectivity index (χ3v) is 28.6. The number of rotatable bonds is 8. The highest BCUT2D eigenvalue weighted by Gasteiger charge is 2.27. The van der Waals surface area contributed by atoms with Gasteiger partial charge >= 0.3 is 0 Å². The van der Waals surface area contributed by atoms with E-state index in [1.807, 2.05) is 91.9 Å². The zero-order valence-corrected chi connectivity index (χ0v) is 75.0.